The lowest BCUT2D eigenvalue weighted by atomic mass is 10.0. The van der Waals surface area contributed by atoms with Crippen LogP contribution in [-0.4, -0.2) is 16.8 Å². The molecule has 1 saturated heterocycles. The molecule has 0 radical (unpaired) electrons. The van der Waals surface area contributed by atoms with E-state index in [9.17, 15) is 4.79 Å². The highest BCUT2D eigenvalue weighted by Gasteiger charge is 2.33. The first-order chi connectivity index (χ1) is 17.0. The SMILES string of the molecule is C=CCc1cc(/C=C2/SC(=S)N(c3ccc(C)cc3)C2=O)cc(OCC)c1OCc1ccccc1. The summed E-state index contributed by atoms with van der Waals surface area (Å²) in [5, 5.41) is 0. The Kier molecular flexibility index (Phi) is 8.06. The van der Waals surface area contributed by atoms with Crippen LogP contribution in [-0.2, 0) is 17.8 Å². The van der Waals surface area contributed by atoms with Crippen LogP contribution in [0.4, 0.5) is 5.69 Å². The van der Waals surface area contributed by atoms with Gasteiger partial charge in [-0.05, 0) is 61.7 Å². The predicted molar refractivity (Wildman–Crippen MR) is 149 cm³/mol. The number of benzene rings is 3. The van der Waals surface area contributed by atoms with E-state index in [4.69, 9.17) is 21.7 Å². The third-order valence-electron chi connectivity index (χ3n) is 5.43. The normalized spacial score (nSPS) is 14.5. The van der Waals surface area contributed by atoms with E-state index in [1.807, 2.05) is 92.7 Å². The number of hydrogen-bond acceptors (Lipinski definition) is 5. The van der Waals surface area contributed by atoms with Gasteiger partial charge in [0.15, 0.2) is 15.8 Å². The summed E-state index contributed by atoms with van der Waals surface area (Å²) in [4.78, 5) is 15.4. The summed E-state index contributed by atoms with van der Waals surface area (Å²) >= 11 is 6.83. The van der Waals surface area contributed by atoms with Crippen molar-refractivity contribution in [1.82, 2.24) is 0 Å². The number of thiocarbonyl (C=S) groups is 1. The first-order valence-corrected chi connectivity index (χ1v) is 12.6. The van der Waals surface area contributed by atoms with Crippen LogP contribution in [0, 0.1) is 6.92 Å². The van der Waals surface area contributed by atoms with Gasteiger partial charge in [0.25, 0.3) is 5.91 Å². The minimum Gasteiger partial charge on any atom is -0.490 e. The van der Waals surface area contributed by atoms with Crippen molar-refractivity contribution >= 4 is 46.0 Å². The van der Waals surface area contributed by atoms with Crippen LogP contribution >= 0.6 is 24.0 Å². The first kappa shape index (κ1) is 24.8. The second-order valence-corrected chi connectivity index (χ2v) is 9.74. The average molecular weight is 502 g/mol. The fourth-order valence-corrected chi connectivity index (χ4v) is 5.06. The van der Waals surface area contributed by atoms with Crippen LogP contribution in [0.15, 0.2) is 84.3 Å². The summed E-state index contributed by atoms with van der Waals surface area (Å²) in [6.07, 6.45) is 4.31. The third kappa shape index (κ3) is 5.84. The van der Waals surface area contributed by atoms with Gasteiger partial charge >= 0.3 is 0 Å². The molecule has 1 fully saturated rings. The fourth-order valence-electron chi connectivity index (χ4n) is 3.77. The van der Waals surface area contributed by atoms with Gasteiger partial charge in [0.1, 0.15) is 6.61 Å². The van der Waals surface area contributed by atoms with Gasteiger partial charge in [0, 0.05) is 5.56 Å². The van der Waals surface area contributed by atoms with Gasteiger partial charge in [0.2, 0.25) is 0 Å². The summed E-state index contributed by atoms with van der Waals surface area (Å²) in [6.45, 7) is 8.78. The van der Waals surface area contributed by atoms with Crippen molar-refractivity contribution in [3.63, 3.8) is 0 Å². The van der Waals surface area contributed by atoms with E-state index in [0.29, 0.717) is 40.4 Å². The molecule has 6 heteroatoms. The van der Waals surface area contributed by atoms with Gasteiger partial charge < -0.3 is 9.47 Å². The Labute approximate surface area is 216 Å². The van der Waals surface area contributed by atoms with Gasteiger partial charge in [-0.25, -0.2) is 0 Å². The summed E-state index contributed by atoms with van der Waals surface area (Å²) < 4.78 is 12.7. The number of anilines is 1. The van der Waals surface area contributed by atoms with E-state index in [1.165, 1.54) is 11.8 Å². The van der Waals surface area contributed by atoms with E-state index >= 15 is 0 Å². The zero-order valence-corrected chi connectivity index (χ0v) is 21.5. The molecular weight excluding hydrogens is 474 g/mol. The number of amides is 1. The van der Waals surface area contributed by atoms with Crippen molar-refractivity contribution in [2.75, 3.05) is 11.5 Å². The molecule has 0 N–H and O–H groups in total. The molecule has 3 aromatic carbocycles. The largest absolute Gasteiger partial charge is 0.490 e. The van der Waals surface area contributed by atoms with Gasteiger partial charge in [-0.3, -0.25) is 9.69 Å². The smallest absolute Gasteiger partial charge is 0.270 e. The van der Waals surface area contributed by atoms with Crippen molar-refractivity contribution < 1.29 is 14.3 Å². The van der Waals surface area contributed by atoms with E-state index in [0.717, 1.165) is 27.9 Å². The lowest BCUT2D eigenvalue weighted by Gasteiger charge is -2.17. The lowest BCUT2D eigenvalue weighted by molar-refractivity contribution is -0.113. The maximum absolute atomic E-state index is 13.2. The molecule has 0 aromatic heterocycles. The summed E-state index contributed by atoms with van der Waals surface area (Å²) in [6, 6.07) is 21.7. The predicted octanol–water partition coefficient (Wildman–Crippen LogP) is 7.11. The molecule has 0 unspecified atom stereocenters. The standard InChI is InChI=1S/C29H27NO3S2/c1-4-9-23-16-22(17-25(32-5-2)27(23)33-19-21-10-7-6-8-11-21)18-26-28(31)30(29(34)35-26)24-14-12-20(3)13-15-24/h4,6-8,10-18H,1,5,9,19H2,2-3H3/b26-18+. The highest BCUT2D eigenvalue weighted by molar-refractivity contribution is 8.27. The van der Waals surface area contributed by atoms with Crippen LogP contribution in [0.5, 0.6) is 11.5 Å². The number of allylic oxidation sites excluding steroid dienone is 1. The Bertz CT molecular complexity index is 1270. The Morgan fingerprint density at radius 1 is 1.06 bits per heavy atom. The maximum atomic E-state index is 13.2. The molecule has 3 aromatic rings. The number of ether oxygens (including phenoxy) is 2. The number of nitrogens with zero attached hydrogens (tertiary/aromatic N) is 1. The van der Waals surface area contributed by atoms with E-state index in [2.05, 4.69) is 6.58 Å². The lowest BCUT2D eigenvalue weighted by Crippen LogP contribution is -2.27. The second-order valence-electron chi connectivity index (χ2n) is 8.06. The highest BCUT2D eigenvalue weighted by Crippen LogP contribution is 2.39. The topological polar surface area (TPSA) is 38.8 Å². The molecule has 35 heavy (non-hydrogen) atoms. The van der Waals surface area contributed by atoms with E-state index < -0.39 is 0 Å². The van der Waals surface area contributed by atoms with Crippen LogP contribution in [0.3, 0.4) is 0 Å². The Morgan fingerprint density at radius 2 is 1.80 bits per heavy atom. The van der Waals surface area contributed by atoms with Crippen LogP contribution in [0.25, 0.3) is 6.08 Å². The Hall–Kier alpha value is -3.35. The molecule has 0 bridgehead atoms. The van der Waals surface area contributed by atoms with Crippen molar-refractivity contribution in [3.8, 4) is 11.5 Å². The molecule has 1 aliphatic rings. The van der Waals surface area contributed by atoms with Crippen molar-refractivity contribution in [2.45, 2.75) is 26.9 Å². The molecule has 1 amide bonds. The van der Waals surface area contributed by atoms with Gasteiger partial charge in [-0.1, -0.05) is 78.1 Å². The molecule has 0 saturated carbocycles. The van der Waals surface area contributed by atoms with Gasteiger partial charge in [-0.15, -0.1) is 6.58 Å². The molecule has 1 aliphatic heterocycles. The van der Waals surface area contributed by atoms with Crippen molar-refractivity contribution in [1.29, 1.82) is 0 Å². The summed E-state index contributed by atoms with van der Waals surface area (Å²) in [5.74, 6) is 1.21. The second kappa shape index (κ2) is 11.4. The van der Waals surface area contributed by atoms with Crippen LogP contribution in [0.2, 0.25) is 0 Å². The van der Waals surface area contributed by atoms with Crippen LogP contribution < -0.4 is 14.4 Å². The number of carbonyl (C=O) groups excluding carboxylic acids is 1. The molecule has 0 spiro atoms. The monoisotopic (exact) mass is 501 g/mol. The number of carbonyl (C=O) groups is 1. The van der Waals surface area contributed by atoms with E-state index in [-0.39, 0.29) is 5.91 Å². The van der Waals surface area contributed by atoms with Crippen LogP contribution in [0.1, 0.15) is 29.2 Å². The number of aryl methyl sites for hydroxylation is 1. The minimum atomic E-state index is -0.128. The zero-order chi connectivity index (χ0) is 24.8. The summed E-state index contributed by atoms with van der Waals surface area (Å²) in [5.41, 5.74) is 4.77. The quantitative estimate of drug-likeness (QED) is 0.178. The average Bonchev–Trinajstić information content (AvgIpc) is 3.13. The Morgan fingerprint density at radius 3 is 2.49 bits per heavy atom. The van der Waals surface area contributed by atoms with Gasteiger partial charge in [0.05, 0.1) is 17.2 Å². The molecule has 0 atom stereocenters. The number of rotatable bonds is 9. The molecule has 4 rings (SSSR count). The number of hydrogen-bond donors (Lipinski definition) is 0. The summed E-state index contributed by atoms with van der Waals surface area (Å²) in [7, 11) is 0. The van der Waals surface area contributed by atoms with E-state index in [1.54, 1.807) is 4.90 Å². The third-order valence-corrected chi connectivity index (χ3v) is 6.73. The minimum absolute atomic E-state index is 0.128. The highest BCUT2D eigenvalue weighted by atomic mass is 32.2. The molecule has 4 nitrogen and oxygen atoms in total. The van der Waals surface area contributed by atoms with Gasteiger partial charge in [-0.2, -0.15) is 0 Å². The Balaban J connectivity index is 1.66. The fraction of sp³-hybridized carbons (Fsp3) is 0.172. The number of thioether (sulfide) groups is 1. The maximum Gasteiger partial charge on any atom is 0.270 e. The zero-order valence-electron chi connectivity index (χ0n) is 19.8. The van der Waals surface area contributed by atoms with Crippen molar-refractivity contribution in [2.24, 2.45) is 0 Å². The molecule has 178 valence electrons. The first-order valence-electron chi connectivity index (χ1n) is 11.4. The molecule has 0 aliphatic carbocycles. The molecular formula is C29H27NO3S2. The van der Waals surface area contributed by atoms with Crippen molar-refractivity contribution in [3.05, 3.63) is 107 Å². The molecule has 1 heterocycles.